The van der Waals surface area contributed by atoms with Crippen molar-refractivity contribution in [2.45, 2.75) is 84.7 Å². The number of hydrogen-bond acceptors (Lipinski definition) is 4. The highest BCUT2D eigenvalue weighted by Crippen LogP contribution is 2.36. The van der Waals surface area contributed by atoms with Crippen molar-refractivity contribution in [2.75, 3.05) is 0 Å². The average molecular weight is 488 g/mol. The molecule has 0 radical (unpaired) electrons. The second-order valence-electron chi connectivity index (χ2n) is 11.3. The molecule has 0 aliphatic heterocycles. The van der Waals surface area contributed by atoms with E-state index in [2.05, 4.69) is 72.5 Å². The van der Waals surface area contributed by atoms with E-state index >= 15 is 0 Å². The normalized spacial score (nSPS) is 13.8. The van der Waals surface area contributed by atoms with E-state index in [1.807, 2.05) is 65.8 Å². The molecule has 0 saturated heterocycles. The van der Waals surface area contributed by atoms with Gasteiger partial charge >= 0.3 is 5.97 Å². The summed E-state index contributed by atoms with van der Waals surface area (Å²) in [5.41, 5.74) is 2.55. The lowest BCUT2D eigenvalue weighted by atomic mass is 9.96. The van der Waals surface area contributed by atoms with Gasteiger partial charge in [0.2, 0.25) is 0 Å². The SMILES string of the molecule is CC(c1ccccc1)N(Cc1ccccc1)C(CC(=O)OC(C)(C)C)c1cccc(OC(C)(C)C)c1. The number of benzene rings is 3. The quantitative estimate of drug-likeness (QED) is 0.288. The number of carbonyl (C=O) groups excluding carboxylic acids is 1. The molecular weight excluding hydrogens is 446 g/mol. The lowest BCUT2D eigenvalue weighted by Crippen LogP contribution is -2.34. The predicted molar refractivity (Wildman–Crippen MR) is 147 cm³/mol. The summed E-state index contributed by atoms with van der Waals surface area (Å²) in [5.74, 6) is 0.578. The first-order valence-corrected chi connectivity index (χ1v) is 12.8. The number of ether oxygens (including phenoxy) is 2. The van der Waals surface area contributed by atoms with Crippen molar-refractivity contribution in [1.82, 2.24) is 4.90 Å². The molecule has 2 atom stereocenters. The van der Waals surface area contributed by atoms with Crippen molar-refractivity contribution in [3.63, 3.8) is 0 Å². The maximum atomic E-state index is 13.2. The Morgan fingerprint density at radius 3 is 1.94 bits per heavy atom. The number of rotatable bonds is 9. The molecule has 0 amide bonds. The topological polar surface area (TPSA) is 38.8 Å². The maximum Gasteiger partial charge on any atom is 0.308 e. The van der Waals surface area contributed by atoms with Gasteiger partial charge < -0.3 is 9.47 Å². The molecule has 36 heavy (non-hydrogen) atoms. The zero-order valence-electron chi connectivity index (χ0n) is 22.8. The van der Waals surface area contributed by atoms with Gasteiger partial charge in [-0.2, -0.15) is 0 Å². The Bertz CT molecular complexity index is 1100. The van der Waals surface area contributed by atoms with Crippen LogP contribution in [0.4, 0.5) is 0 Å². The van der Waals surface area contributed by atoms with Gasteiger partial charge in [-0.25, -0.2) is 0 Å². The molecule has 0 aliphatic carbocycles. The van der Waals surface area contributed by atoms with Gasteiger partial charge in [0.1, 0.15) is 17.0 Å². The second-order valence-corrected chi connectivity index (χ2v) is 11.3. The van der Waals surface area contributed by atoms with Crippen LogP contribution in [0.25, 0.3) is 0 Å². The standard InChI is InChI=1S/C32H41NO3/c1-24(26-17-12-9-13-18-26)33(23-25-15-10-8-11-16-25)29(22-30(34)36-32(5,6)7)27-19-14-20-28(21-27)35-31(2,3)4/h8-21,24,29H,22-23H2,1-7H3. The minimum Gasteiger partial charge on any atom is -0.488 e. The summed E-state index contributed by atoms with van der Waals surface area (Å²) in [7, 11) is 0. The fourth-order valence-electron chi connectivity index (χ4n) is 4.34. The largest absolute Gasteiger partial charge is 0.488 e. The number of carbonyl (C=O) groups is 1. The van der Waals surface area contributed by atoms with Crippen LogP contribution in [-0.4, -0.2) is 22.1 Å². The third kappa shape index (κ3) is 8.53. The minimum absolute atomic E-state index is 0.0611. The van der Waals surface area contributed by atoms with Crippen molar-refractivity contribution in [2.24, 2.45) is 0 Å². The first-order valence-electron chi connectivity index (χ1n) is 12.8. The number of nitrogens with zero attached hydrogens (tertiary/aromatic N) is 1. The van der Waals surface area contributed by atoms with Gasteiger partial charge in [-0.05, 0) is 77.3 Å². The van der Waals surface area contributed by atoms with E-state index in [4.69, 9.17) is 9.47 Å². The summed E-state index contributed by atoms with van der Waals surface area (Å²) in [6.45, 7) is 14.7. The Morgan fingerprint density at radius 2 is 1.36 bits per heavy atom. The second kappa shape index (κ2) is 11.7. The first-order chi connectivity index (χ1) is 16.9. The lowest BCUT2D eigenvalue weighted by Gasteiger charge is -2.37. The Labute approximate surface area is 217 Å². The van der Waals surface area contributed by atoms with Crippen LogP contribution >= 0.6 is 0 Å². The Hall–Kier alpha value is -3.11. The van der Waals surface area contributed by atoms with Crippen LogP contribution in [0.1, 0.15) is 83.7 Å². The monoisotopic (exact) mass is 487 g/mol. The molecule has 0 N–H and O–H groups in total. The van der Waals surface area contributed by atoms with Crippen molar-refractivity contribution < 1.29 is 14.3 Å². The van der Waals surface area contributed by atoms with Crippen molar-refractivity contribution in [3.8, 4) is 5.75 Å². The number of hydrogen-bond donors (Lipinski definition) is 0. The molecule has 3 rings (SSSR count). The van der Waals surface area contributed by atoms with Crippen molar-refractivity contribution in [3.05, 3.63) is 102 Å². The summed E-state index contributed by atoms with van der Waals surface area (Å²) in [6, 6.07) is 28.8. The molecule has 0 bridgehead atoms. The van der Waals surface area contributed by atoms with Crippen LogP contribution in [0.15, 0.2) is 84.9 Å². The Morgan fingerprint density at radius 1 is 0.778 bits per heavy atom. The molecule has 0 fully saturated rings. The molecule has 4 nitrogen and oxygen atoms in total. The summed E-state index contributed by atoms with van der Waals surface area (Å²) in [4.78, 5) is 15.6. The van der Waals surface area contributed by atoms with Gasteiger partial charge in [-0.1, -0.05) is 72.8 Å². The van der Waals surface area contributed by atoms with E-state index in [0.29, 0.717) is 6.54 Å². The lowest BCUT2D eigenvalue weighted by molar-refractivity contribution is -0.156. The van der Waals surface area contributed by atoms with E-state index in [-0.39, 0.29) is 30.1 Å². The minimum atomic E-state index is -0.547. The van der Waals surface area contributed by atoms with E-state index in [0.717, 1.165) is 11.3 Å². The van der Waals surface area contributed by atoms with Crippen LogP contribution in [0.2, 0.25) is 0 Å². The van der Waals surface area contributed by atoms with E-state index < -0.39 is 5.60 Å². The van der Waals surface area contributed by atoms with Gasteiger partial charge in [0, 0.05) is 18.6 Å². The van der Waals surface area contributed by atoms with E-state index in [1.54, 1.807) is 0 Å². The highest BCUT2D eigenvalue weighted by molar-refractivity contribution is 5.71. The van der Waals surface area contributed by atoms with Crippen LogP contribution in [0.3, 0.4) is 0 Å². The first kappa shape index (κ1) is 27.5. The van der Waals surface area contributed by atoms with E-state index in [1.165, 1.54) is 11.1 Å². The summed E-state index contributed by atoms with van der Waals surface area (Å²) in [5, 5.41) is 0. The van der Waals surface area contributed by atoms with E-state index in [9.17, 15) is 4.79 Å². The molecule has 0 saturated carbocycles. The summed E-state index contributed by atoms with van der Waals surface area (Å²) < 4.78 is 12.0. The highest BCUT2D eigenvalue weighted by atomic mass is 16.6. The van der Waals surface area contributed by atoms with Gasteiger partial charge in [0.05, 0.1) is 6.42 Å². The summed E-state index contributed by atoms with van der Waals surface area (Å²) >= 11 is 0. The zero-order chi connectivity index (χ0) is 26.3. The fourth-order valence-corrected chi connectivity index (χ4v) is 4.34. The molecular formula is C32H41NO3. The molecule has 2 unspecified atom stereocenters. The van der Waals surface area contributed by atoms with Crippen molar-refractivity contribution in [1.29, 1.82) is 0 Å². The number of esters is 1. The maximum absolute atomic E-state index is 13.2. The zero-order valence-corrected chi connectivity index (χ0v) is 22.8. The molecule has 0 spiro atoms. The van der Waals surface area contributed by atoms with Gasteiger partial charge in [-0.3, -0.25) is 9.69 Å². The molecule has 0 aliphatic rings. The molecule has 4 heteroatoms. The molecule has 192 valence electrons. The molecule has 0 aromatic heterocycles. The molecule has 3 aromatic rings. The average Bonchev–Trinajstić information content (AvgIpc) is 2.80. The third-order valence-corrected chi connectivity index (χ3v) is 5.83. The van der Waals surface area contributed by atoms with Crippen LogP contribution in [0.5, 0.6) is 5.75 Å². The molecule has 0 heterocycles. The van der Waals surface area contributed by atoms with Crippen LogP contribution in [-0.2, 0) is 16.1 Å². The van der Waals surface area contributed by atoms with Crippen molar-refractivity contribution >= 4 is 5.97 Å². The predicted octanol–water partition coefficient (Wildman–Crippen LogP) is 7.90. The smallest absolute Gasteiger partial charge is 0.308 e. The van der Waals surface area contributed by atoms with Gasteiger partial charge in [0.25, 0.3) is 0 Å². The summed E-state index contributed by atoms with van der Waals surface area (Å²) in [6.07, 6.45) is 0.236. The Kier molecular flexibility index (Phi) is 8.97. The fraction of sp³-hybridized carbons (Fsp3) is 0.406. The highest BCUT2D eigenvalue weighted by Gasteiger charge is 2.31. The molecule has 3 aromatic carbocycles. The third-order valence-electron chi connectivity index (χ3n) is 5.83. The van der Waals surface area contributed by atoms with Crippen LogP contribution in [0, 0.1) is 0 Å². The van der Waals surface area contributed by atoms with Gasteiger partial charge in [-0.15, -0.1) is 0 Å². The van der Waals surface area contributed by atoms with Crippen LogP contribution < -0.4 is 4.74 Å². The Balaban J connectivity index is 2.07. The van der Waals surface area contributed by atoms with Gasteiger partial charge in [0.15, 0.2) is 0 Å².